The molecule has 1 saturated carbocycles. The zero-order valence-electron chi connectivity index (χ0n) is 8.81. The number of hydrogen-bond donors (Lipinski definition) is 2. The predicted octanol–water partition coefficient (Wildman–Crippen LogP) is 0.901. The molecule has 0 radical (unpaired) electrons. The highest BCUT2D eigenvalue weighted by atomic mass is 16.2. The molecular weight excluding hydrogens is 164 g/mol. The van der Waals surface area contributed by atoms with Gasteiger partial charge in [0.15, 0.2) is 0 Å². The van der Waals surface area contributed by atoms with Crippen molar-refractivity contribution in [1.82, 2.24) is 10.6 Å². The maximum atomic E-state index is 11.6. The summed E-state index contributed by atoms with van der Waals surface area (Å²) in [6, 6.07) is 0. The lowest BCUT2D eigenvalue weighted by atomic mass is 10.0. The van der Waals surface area contributed by atoms with Crippen molar-refractivity contribution in [1.29, 1.82) is 0 Å². The van der Waals surface area contributed by atoms with Crippen LogP contribution in [-0.2, 0) is 4.79 Å². The lowest BCUT2D eigenvalue weighted by molar-refractivity contribution is -0.126. The summed E-state index contributed by atoms with van der Waals surface area (Å²) in [6.45, 7) is 7.52. The molecule has 0 aliphatic heterocycles. The molecule has 0 saturated heterocycles. The number of carbonyl (C=O) groups excluding carboxylic acids is 1. The summed E-state index contributed by atoms with van der Waals surface area (Å²) in [4.78, 5) is 11.6. The summed E-state index contributed by atoms with van der Waals surface area (Å²) < 4.78 is 0. The smallest absolute Gasteiger partial charge is 0.239 e. The Morgan fingerprint density at radius 1 is 1.46 bits per heavy atom. The van der Waals surface area contributed by atoms with Gasteiger partial charge in [0.05, 0.1) is 5.54 Å². The number of nitrogens with one attached hydrogen (secondary N) is 2. The molecule has 1 fully saturated rings. The van der Waals surface area contributed by atoms with Gasteiger partial charge in [-0.15, -0.1) is 0 Å². The maximum absolute atomic E-state index is 11.6. The second kappa shape index (κ2) is 4.09. The van der Waals surface area contributed by atoms with E-state index in [0.29, 0.717) is 0 Å². The molecule has 3 nitrogen and oxygen atoms in total. The molecule has 0 heterocycles. The summed E-state index contributed by atoms with van der Waals surface area (Å²) in [7, 11) is 0. The number of likely N-dealkylation sites (N-methyl/N-ethyl adjacent to an activating group) is 1. The van der Waals surface area contributed by atoms with Gasteiger partial charge < -0.3 is 10.6 Å². The minimum absolute atomic E-state index is 0.112. The normalized spacial score (nSPS) is 17.2. The van der Waals surface area contributed by atoms with Gasteiger partial charge in [0.25, 0.3) is 0 Å². The first-order chi connectivity index (χ1) is 6.06. The van der Waals surface area contributed by atoms with Gasteiger partial charge in [-0.1, -0.05) is 6.92 Å². The lowest BCUT2D eigenvalue weighted by Gasteiger charge is -2.24. The SMILES string of the molecule is CCNC(C)(C)C(=O)NCC1CC1. The molecule has 1 amide bonds. The Morgan fingerprint density at radius 3 is 2.54 bits per heavy atom. The van der Waals surface area contributed by atoms with E-state index in [1.807, 2.05) is 20.8 Å². The molecular formula is C10H20N2O. The van der Waals surface area contributed by atoms with Crippen LogP contribution < -0.4 is 10.6 Å². The van der Waals surface area contributed by atoms with Crippen LogP contribution in [0.25, 0.3) is 0 Å². The van der Waals surface area contributed by atoms with Gasteiger partial charge in [0, 0.05) is 6.54 Å². The van der Waals surface area contributed by atoms with E-state index >= 15 is 0 Å². The van der Waals surface area contributed by atoms with Crippen molar-refractivity contribution in [2.75, 3.05) is 13.1 Å². The van der Waals surface area contributed by atoms with E-state index in [0.717, 1.165) is 19.0 Å². The molecule has 0 aromatic rings. The minimum atomic E-state index is -0.427. The van der Waals surface area contributed by atoms with Crippen molar-refractivity contribution in [2.45, 2.75) is 39.2 Å². The third kappa shape index (κ3) is 3.35. The van der Waals surface area contributed by atoms with E-state index in [4.69, 9.17) is 0 Å². The van der Waals surface area contributed by atoms with Crippen molar-refractivity contribution in [3.63, 3.8) is 0 Å². The standard InChI is InChI=1S/C10H20N2O/c1-4-12-10(2,3)9(13)11-7-8-5-6-8/h8,12H,4-7H2,1-3H3,(H,11,13). The first-order valence-electron chi connectivity index (χ1n) is 5.09. The molecule has 3 heteroatoms. The molecule has 1 rings (SSSR count). The molecule has 0 atom stereocenters. The molecule has 0 bridgehead atoms. The van der Waals surface area contributed by atoms with Crippen LogP contribution in [-0.4, -0.2) is 24.5 Å². The van der Waals surface area contributed by atoms with Crippen molar-refractivity contribution < 1.29 is 4.79 Å². The zero-order valence-corrected chi connectivity index (χ0v) is 8.81. The average Bonchev–Trinajstić information content (AvgIpc) is 2.83. The van der Waals surface area contributed by atoms with Crippen LogP contribution in [0.15, 0.2) is 0 Å². The minimum Gasteiger partial charge on any atom is -0.354 e. The third-order valence-electron chi connectivity index (χ3n) is 2.43. The first kappa shape index (κ1) is 10.5. The topological polar surface area (TPSA) is 41.1 Å². The second-order valence-corrected chi connectivity index (χ2v) is 4.31. The Labute approximate surface area is 80.3 Å². The van der Waals surface area contributed by atoms with E-state index in [2.05, 4.69) is 10.6 Å². The second-order valence-electron chi connectivity index (χ2n) is 4.31. The number of hydrogen-bond acceptors (Lipinski definition) is 2. The molecule has 0 unspecified atom stereocenters. The molecule has 13 heavy (non-hydrogen) atoms. The van der Waals surface area contributed by atoms with Gasteiger partial charge in [-0.25, -0.2) is 0 Å². The van der Waals surface area contributed by atoms with Gasteiger partial charge in [-0.2, -0.15) is 0 Å². The van der Waals surface area contributed by atoms with E-state index in [-0.39, 0.29) is 5.91 Å². The van der Waals surface area contributed by atoms with Crippen LogP contribution in [0.3, 0.4) is 0 Å². The van der Waals surface area contributed by atoms with Crippen molar-refractivity contribution in [3.8, 4) is 0 Å². The molecule has 0 aromatic heterocycles. The molecule has 0 spiro atoms. The van der Waals surface area contributed by atoms with Crippen LogP contribution in [0.1, 0.15) is 33.6 Å². The highest BCUT2D eigenvalue weighted by Crippen LogP contribution is 2.27. The lowest BCUT2D eigenvalue weighted by Crippen LogP contribution is -2.52. The molecule has 0 aromatic carbocycles. The number of rotatable bonds is 5. The highest BCUT2D eigenvalue weighted by molar-refractivity contribution is 5.85. The summed E-state index contributed by atoms with van der Waals surface area (Å²) in [5, 5.41) is 6.12. The van der Waals surface area contributed by atoms with Crippen LogP contribution >= 0.6 is 0 Å². The van der Waals surface area contributed by atoms with E-state index in [1.165, 1.54) is 12.8 Å². The summed E-state index contributed by atoms with van der Waals surface area (Å²) in [5.74, 6) is 0.864. The quantitative estimate of drug-likeness (QED) is 0.666. The highest BCUT2D eigenvalue weighted by Gasteiger charge is 2.28. The van der Waals surface area contributed by atoms with E-state index in [9.17, 15) is 4.79 Å². The van der Waals surface area contributed by atoms with Crippen molar-refractivity contribution in [2.24, 2.45) is 5.92 Å². The van der Waals surface area contributed by atoms with Crippen LogP contribution in [0.4, 0.5) is 0 Å². The fraction of sp³-hybridized carbons (Fsp3) is 0.900. The van der Waals surface area contributed by atoms with Crippen LogP contribution in [0.2, 0.25) is 0 Å². The van der Waals surface area contributed by atoms with E-state index in [1.54, 1.807) is 0 Å². The van der Waals surface area contributed by atoms with Gasteiger partial charge in [0.2, 0.25) is 5.91 Å². The fourth-order valence-electron chi connectivity index (χ4n) is 1.30. The molecule has 1 aliphatic carbocycles. The Bertz CT molecular complexity index is 185. The van der Waals surface area contributed by atoms with Gasteiger partial charge in [-0.3, -0.25) is 4.79 Å². The maximum Gasteiger partial charge on any atom is 0.239 e. The Balaban J connectivity index is 2.26. The molecule has 1 aliphatic rings. The summed E-state index contributed by atoms with van der Waals surface area (Å²) >= 11 is 0. The third-order valence-corrected chi connectivity index (χ3v) is 2.43. The predicted molar refractivity (Wildman–Crippen MR) is 53.5 cm³/mol. The first-order valence-corrected chi connectivity index (χ1v) is 5.09. The zero-order chi connectivity index (χ0) is 9.90. The summed E-state index contributed by atoms with van der Waals surface area (Å²) in [5.41, 5.74) is -0.427. The molecule has 76 valence electrons. The number of amides is 1. The Morgan fingerprint density at radius 2 is 2.08 bits per heavy atom. The van der Waals surface area contributed by atoms with E-state index < -0.39 is 5.54 Å². The Hall–Kier alpha value is -0.570. The van der Waals surface area contributed by atoms with Crippen LogP contribution in [0.5, 0.6) is 0 Å². The van der Waals surface area contributed by atoms with Crippen LogP contribution in [0, 0.1) is 5.92 Å². The number of carbonyl (C=O) groups is 1. The van der Waals surface area contributed by atoms with Gasteiger partial charge >= 0.3 is 0 Å². The van der Waals surface area contributed by atoms with Crippen molar-refractivity contribution >= 4 is 5.91 Å². The largest absolute Gasteiger partial charge is 0.354 e. The summed E-state index contributed by atoms with van der Waals surface area (Å²) in [6.07, 6.45) is 2.56. The van der Waals surface area contributed by atoms with Gasteiger partial charge in [0.1, 0.15) is 0 Å². The monoisotopic (exact) mass is 184 g/mol. The van der Waals surface area contributed by atoms with Crippen molar-refractivity contribution in [3.05, 3.63) is 0 Å². The molecule has 2 N–H and O–H groups in total. The average molecular weight is 184 g/mol. The van der Waals surface area contributed by atoms with Gasteiger partial charge in [-0.05, 0) is 39.2 Å². The fourth-order valence-corrected chi connectivity index (χ4v) is 1.30. The Kier molecular flexibility index (Phi) is 3.31.